The molecule has 25 heavy (non-hydrogen) atoms. The Bertz CT molecular complexity index is 864. The van der Waals surface area contributed by atoms with Crippen LogP contribution in [0.3, 0.4) is 0 Å². The van der Waals surface area contributed by atoms with Crippen molar-refractivity contribution in [3.8, 4) is 5.88 Å². The lowest BCUT2D eigenvalue weighted by molar-refractivity contribution is -0.122. The molecule has 1 amide bonds. The van der Waals surface area contributed by atoms with Gasteiger partial charge in [-0.3, -0.25) is 9.52 Å². The van der Waals surface area contributed by atoms with Crippen molar-refractivity contribution in [3.05, 3.63) is 36.7 Å². The van der Waals surface area contributed by atoms with E-state index in [1.54, 1.807) is 12.1 Å². The third-order valence-corrected chi connectivity index (χ3v) is 5.35. The highest BCUT2D eigenvalue weighted by molar-refractivity contribution is 7.92. The summed E-state index contributed by atoms with van der Waals surface area (Å²) in [5.41, 5.74) is 0.563. The zero-order chi connectivity index (χ0) is 17.9. The van der Waals surface area contributed by atoms with Gasteiger partial charge in [-0.1, -0.05) is 6.42 Å². The van der Waals surface area contributed by atoms with E-state index in [-0.39, 0.29) is 28.4 Å². The van der Waals surface area contributed by atoms with Crippen LogP contribution in [0.25, 0.3) is 0 Å². The number of benzene rings is 1. The van der Waals surface area contributed by atoms with Crippen LogP contribution < -0.4 is 14.8 Å². The lowest BCUT2D eigenvalue weighted by Crippen LogP contribution is -2.28. The first-order chi connectivity index (χ1) is 12.0. The summed E-state index contributed by atoms with van der Waals surface area (Å²) in [5, 5.41) is 2.79. The maximum Gasteiger partial charge on any atom is 0.263 e. The molecule has 1 aliphatic carbocycles. The van der Waals surface area contributed by atoms with Crippen LogP contribution >= 0.6 is 0 Å². The number of anilines is 2. The van der Waals surface area contributed by atoms with Gasteiger partial charge >= 0.3 is 0 Å². The second-order valence-electron chi connectivity index (χ2n) is 5.66. The number of rotatable bonds is 6. The molecule has 9 heteroatoms. The molecule has 0 saturated heterocycles. The Kier molecular flexibility index (Phi) is 4.84. The second-order valence-corrected chi connectivity index (χ2v) is 7.34. The Morgan fingerprint density at radius 1 is 1.16 bits per heavy atom. The van der Waals surface area contributed by atoms with Crippen LogP contribution in [0, 0.1) is 5.92 Å². The van der Waals surface area contributed by atoms with Gasteiger partial charge in [0, 0.05) is 24.0 Å². The number of amides is 1. The summed E-state index contributed by atoms with van der Waals surface area (Å²) >= 11 is 0. The number of hydrogen-bond donors (Lipinski definition) is 2. The van der Waals surface area contributed by atoms with E-state index in [1.807, 2.05) is 0 Å². The van der Waals surface area contributed by atoms with Crippen molar-refractivity contribution in [2.24, 2.45) is 5.92 Å². The van der Waals surface area contributed by atoms with E-state index in [9.17, 15) is 13.2 Å². The molecule has 0 spiro atoms. The smallest absolute Gasteiger partial charge is 0.263 e. The largest absolute Gasteiger partial charge is 0.478 e. The number of carbonyl (C=O) groups is 1. The second kappa shape index (κ2) is 7.06. The summed E-state index contributed by atoms with van der Waals surface area (Å²) in [5.74, 6) is 0.126. The van der Waals surface area contributed by atoms with E-state index in [1.165, 1.54) is 31.6 Å². The fourth-order valence-electron chi connectivity index (χ4n) is 2.36. The van der Waals surface area contributed by atoms with E-state index >= 15 is 0 Å². The fraction of sp³-hybridized carbons (Fsp3) is 0.312. The molecule has 1 heterocycles. The average molecular weight is 362 g/mol. The molecule has 2 aromatic rings. The molecule has 132 valence electrons. The lowest BCUT2D eigenvalue weighted by Gasteiger charge is -2.24. The molecule has 0 radical (unpaired) electrons. The zero-order valence-corrected chi connectivity index (χ0v) is 14.4. The van der Waals surface area contributed by atoms with Gasteiger partial charge in [0.05, 0.1) is 12.0 Å². The highest BCUT2D eigenvalue weighted by atomic mass is 32.2. The molecule has 2 N–H and O–H groups in total. The van der Waals surface area contributed by atoms with Crippen molar-refractivity contribution >= 4 is 27.4 Å². The van der Waals surface area contributed by atoms with Crippen LogP contribution in [0.1, 0.15) is 19.3 Å². The Morgan fingerprint density at radius 2 is 1.84 bits per heavy atom. The van der Waals surface area contributed by atoms with Gasteiger partial charge in [0.2, 0.25) is 11.7 Å². The Labute approximate surface area is 145 Å². The zero-order valence-electron chi connectivity index (χ0n) is 13.6. The first kappa shape index (κ1) is 17.2. The molecule has 3 rings (SSSR count). The predicted molar refractivity (Wildman–Crippen MR) is 91.8 cm³/mol. The number of nitrogens with zero attached hydrogens (tertiary/aromatic N) is 2. The van der Waals surface area contributed by atoms with E-state index in [0.717, 1.165) is 19.3 Å². The number of nitrogens with one attached hydrogen (secondary N) is 2. The Balaban J connectivity index is 1.72. The predicted octanol–water partition coefficient (Wildman–Crippen LogP) is 2.02. The van der Waals surface area contributed by atoms with Gasteiger partial charge in [-0.25, -0.2) is 18.4 Å². The third-order valence-electron chi connectivity index (χ3n) is 4.00. The fourth-order valence-corrected chi connectivity index (χ4v) is 3.37. The van der Waals surface area contributed by atoms with Crippen LogP contribution in [0.4, 0.5) is 11.5 Å². The van der Waals surface area contributed by atoms with Crippen molar-refractivity contribution in [1.29, 1.82) is 0 Å². The topological polar surface area (TPSA) is 110 Å². The van der Waals surface area contributed by atoms with Crippen molar-refractivity contribution in [2.45, 2.75) is 24.2 Å². The standard InChI is InChI=1S/C16H18N4O4S/c1-24-16-14(17-9-10-18-16)20-25(22,23)13-7-5-12(6-8-13)19-15(21)11-3-2-4-11/h5-11H,2-4H2,1H3,(H,17,20)(H,19,21). The molecule has 1 fully saturated rings. The van der Waals surface area contributed by atoms with Crippen LogP contribution in [0.2, 0.25) is 0 Å². The minimum Gasteiger partial charge on any atom is -0.478 e. The number of sulfonamides is 1. The van der Waals surface area contributed by atoms with Gasteiger partial charge < -0.3 is 10.1 Å². The molecular weight excluding hydrogens is 344 g/mol. The van der Waals surface area contributed by atoms with Crippen molar-refractivity contribution in [1.82, 2.24) is 9.97 Å². The molecule has 0 unspecified atom stereocenters. The van der Waals surface area contributed by atoms with Crippen molar-refractivity contribution in [2.75, 3.05) is 17.1 Å². The number of carbonyl (C=O) groups excluding carboxylic acids is 1. The average Bonchev–Trinajstić information content (AvgIpc) is 2.54. The van der Waals surface area contributed by atoms with Crippen LogP contribution in [0.15, 0.2) is 41.6 Å². The normalized spacial score (nSPS) is 14.4. The number of ether oxygens (including phenoxy) is 1. The summed E-state index contributed by atoms with van der Waals surface area (Å²) < 4.78 is 32.2. The van der Waals surface area contributed by atoms with E-state index in [2.05, 4.69) is 20.0 Å². The Morgan fingerprint density at radius 3 is 2.44 bits per heavy atom. The summed E-state index contributed by atoms with van der Waals surface area (Å²) in [6.45, 7) is 0. The van der Waals surface area contributed by atoms with Gasteiger partial charge in [-0.2, -0.15) is 0 Å². The first-order valence-corrected chi connectivity index (χ1v) is 9.26. The van der Waals surface area contributed by atoms with Gasteiger partial charge in [0.1, 0.15) is 0 Å². The van der Waals surface area contributed by atoms with Crippen molar-refractivity contribution < 1.29 is 17.9 Å². The van der Waals surface area contributed by atoms with Crippen molar-refractivity contribution in [3.63, 3.8) is 0 Å². The molecule has 8 nitrogen and oxygen atoms in total. The molecule has 1 saturated carbocycles. The summed E-state index contributed by atoms with van der Waals surface area (Å²) in [7, 11) is -2.47. The molecule has 0 aliphatic heterocycles. The monoisotopic (exact) mass is 362 g/mol. The first-order valence-electron chi connectivity index (χ1n) is 7.78. The number of aromatic nitrogens is 2. The summed E-state index contributed by atoms with van der Waals surface area (Å²) in [6.07, 6.45) is 5.65. The highest BCUT2D eigenvalue weighted by Gasteiger charge is 2.25. The lowest BCUT2D eigenvalue weighted by atomic mass is 9.85. The quantitative estimate of drug-likeness (QED) is 0.813. The Hall–Kier alpha value is -2.68. The highest BCUT2D eigenvalue weighted by Crippen LogP contribution is 2.28. The van der Waals surface area contributed by atoms with Gasteiger partial charge in [0.15, 0.2) is 0 Å². The third kappa shape index (κ3) is 3.87. The summed E-state index contributed by atoms with van der Waals surface area (Å²) in [4.78, 5) is 19.8. The van der Waals surface area contributed by atoms with Gasteiger partial charge in [-0.15, -0.1) is 0 Å². The van der Waals surface area contributed by atoms with E-state index in [0.29, 0.717) is 5.69 Å². The van der Waals surface area contributed by atoms with Crippen LogP contribution in [-0.2, 0) is 14.8 Å². The minimum absolute atomic E-state index is 0.00682. The molecular formula is C16H18N4O4S. The van der Waals surface area contributed by atoms with E-state index in [4.69, 9.17) is 4.74 Å². The van der Waals surface area contributed by atoms with Gasteiger partial charge in [0.25, 0.3) is 15.9 Å². The molecule has 1 aliphatic rings. The number of hydrogen-bond acceptors (Lipinski definition) is 6. The molecule has 1 aromatic carbocycles. The summed E-state index contributed by atoms with van der Waals surface area (Å²) in [6, 6.07) is 5.95. The molecule has 1 aromatic heterocycles. The maximum atomic E-state index is 12.4. The molecule has 0 atom stereocenters. The SMILES string of the molecule is COc1nccnc1NS(=O)(=O)c1ccc(NC(=O)C2CCC2)cc1. The molecule has 0 bridgehead atoms. The number of methoxy groups -OCH3 is 1. The van der Waals surface area contributed by atoms with Crippen LogP contribution in [0.5, 0.6) is 5.88 Å². The van der Waals surface area contributed by atoms with Crippen LogP contribution in [-0.4, -0.2) is 31.4 Å². The minimum atomic E-state index is -3.85. The van der Waals surface area contributed by atoms with Gasteiger partial charge in [-0.05, 0) is 37.1 Å². The maximum absolute atomic E-state index is 12.4. The van der Waals surface area contributed by atoms with E-state index < -0.39 is 10.0 Å².